The highest BCUT2D eigenvalue weighted by molar-refractivity contribution is 5.93. The minimum absolute atomic E-state index is 0.0344. The molecule has 1 aromatic carbocycles. The van der Waals surface area contributed by atoms with E-state index in [1.54, 1.807) is 16.8 Å². The minimum atomic E-state index is -0.318. The van der Waals surface area contributed by atoms with E-state index >= 15 is 0 Å². The first-order chi connectivity index (χ1) is 13.5. The third-order valence-electron chi connectivity index (χ3n) is 6.05. The summed E-state index contributed by atoms with van der Waals surface area (Å²) in [6, 6.07) is 5.93. The van der Waals surface area contributed by atoms with Crippen molar-refractivity contribution in [3.63, 3.8) is 0 Å². The van der Waals surface area contributed by atoms with Gasteiger partial charge in [-0.25, -0.2) is 0 Å². The maximum Gasteiger partial charge on any atom is 0.229 e. The zero-order valence-electron chi connectivity index (χ0n) is 16.3. The Hall–Kier alpha value is -2.41. The number of anilines is 1. The number of benzene rings is 1. The normalized spacial score (nSPS) is 24.0. The number of ether oxygens (including phenoxy) is 1. The monoisotopic (exact) mass is 385 g/mol. The summed E-state index contributed by atoms with van der Waals surface area (Å²) in [5, 5.41) is 2.90. The van der Waals surface area contributed by atoms with Gasteiger partial charge in [0.1, 0.15) is 0 Å². The standard InChI is InChI=1S/C21H27N3O4/c1-23-18-11-24(10-16(21(23)27)12-28-13-18)20(26)8-7-19(25)22-17-6-5-14-3-2-4-15(14)9-17/h5-6,9,16,18H,2-4,7-8,10-13H2,1H3,(H,22,25)/t16-,18+/m1/s1. The van der Waals surface area contributed by atoms with Crippen molar-refractivity contribution in [3.8, 4) is 0 Å². The van der Waals surface area contributed by atoms with E-state index in [1.165, 1.54) is 17.5 Å². The third-order valence-corrected chi connectivity index (χ3v) is 6.05. The number of hydrogen-bond donors (Lipinski definition) is 1. The predicted molar refractivity (Wildman–Crippen MR) is 104 cm³/mol. The smallest absolute Gasteiger partial charge is 0.229 e. The van der Waals surface area contributed by atoms with Crippen LogP contribution >= 0.6 is 0 Å². The quantitative estimate of drug-likeness (QED) is 0.845. The van der Waals surface area contributed by atoms with E-state index in [4.69, 9.17) is 4.74 Å². The average Bonchev–Trinajstić information content (AvgIpc) is 3.04. The third kappa shape index (κ3) is 3.90. The molecule has 3 aliphatic rings. The fourth-order valence-electron chi connectivity index (χ4n) is 4.35. The highest BCUT2D eigenvalue weighted by atomic mass is 16.5. The summed E-state index contributed by atoms with van der Waals surface area (Å²) >= 11 is 0. The first kappa shape index (κ1) is 18.9. The molecular formula is C21H27N3O4. The van der Waals surface area contributed by atoms with Crippen LogP contribution in [0.4, 0.5) is 5.69 Å². The van der Waals surface area contributed by atoms with Crippen LogP contribution in [0.15, 0.2) is 18.2 Å². The lowest BCUT2D eigenvalue weighted by Crippen LogP contribution is -2.45. The van der Waals surface area contributed by atoms with Crippen molar-refractivity contribution >= 4 is 23.4 Å². The number of nitrogens with zero attached hydrogens (tertiary/aromatic N) is 2. The maximum atomic E-state index is 12.7. The molecule has 4 rings (SSSR count). The Bertz CT molecular complexity index is 794. The summed E-state index contributed by atoms with van der Waals surface area (Å²) in [4.78, 5) is 40.8. The van der Waals surface area contributed by atoms with Gasteiger partial charge < -0.3 is 19.9 Å². The highest BCUT2D eigenvalue weighted by Gasteiger charge is 2.38. The summed E-state index contributed by atoms with van der Waals surface area (Å²) in [6.45, 7) is 1.62. The number of carbonyl (C=O) groups is 3. The lowest BCUT2D eigenvalue weighted by Gasteiger charge is -2.29. The Labute approximate surface area is 165 Å². The van der Waals surface area contributed by atoms with Crippen molar-refractivity contribution in [2.75, 3.05) is 38.7 Å². The maximum absolute atomic E-state index is 12.7. The Morgan fingerprint density at radius 1 is 1.14 bits per heavy atom. The number of likely N-dealkylation sites (N-methyl/N-ethyl adjacent to an activating group) is 1. The fraction of sp³-hybridized carbons (Fsp3) is 0.571. The van der Waals surface area contributed by atoms with Crippen molar-refractivity contribution in [1.29, 1.82) is 0 Å². The van der Waals surface area contributed by atoms with Crippen molar-refractivity contribution in [2.45, 2.75) is 38.1 Å². The summed E-state index contributed by atoms with van der Waals surface area (Å²) in [7, 11) is 1.77. The number of amides is 3. The molecule has 2 aliphatic heterocycles. The van der Waals surface area contributed by atoms with Crippen LogP contribution in [0.1, 0.15) is 30.4 Å². The average molecular weight is 385 g/mol. The number of hydrogen-bond acceptors (Lipinski definition) is 4. The zero-order valence-corrected chi connectivity index (χ0v) is 16.3. The molecule has 0 saturated carbocycles. The lowest BCUT2D eigenvalue weighted by atomic mass is 10.1. The van der Waals surface area contributed by atoms with Gasteiger partial charge >= 0.3 is 0 Å². The number of carbonyl (C=O) groups excluding carboxylic acids is 3. The van der Waals surface area contributed by atoms with Crippen LogP contribution in [-0.4, -0.2) is 66.9 Å². The molecule has 1 N–H and O–H groups in total. The largest absolute Gasteiger partial charge is 0.378 e. The van der Waals surface area contributed by atoms with Gasteiger partial charge in [-0.15, -0.1) is 0 Å². The van der Waals surface area contributed by atoms with Gasteiger partial charge in [0, 0.05) is 38.7 Å². The first-order valence-electron chi connectivity index (χ1n) is 10.0. The molecule has 2 saturated heterocycles. The summed E-state index contributed by atoms with van der Waals surface area (Å²) in [6.07, 6.45) is 3.63. The van der Waals surface area contributed by atoms with Gasteiger partial charge in [-0.05, 0) is 42.5 Å². The van der Waals surface area contributed by atoms with Crippen molar-refractivity contribution in [3.05, 3.63) is 29.3 Å². The van der Waals surface area contributed by atoms with Crippen molar-refractivity contribution in [2.24, 2.45) is 5.92 Å². The second kappa shape index (κ2) is 7.91. The molecule has 7 heteroatoms. The summed E-state index contributed by atoms with van der Waals surface area (Å²) in [5.41, 5.74) is 3.47. The van der Waals surface area contributed by atoms with Crippen LogP contribution in [0, 0.1) is 5.92 Å². The van der Waals surface area contributed by atoms with Crippen LogP contribution < -0.4 is 5.32 Å². The molecule has 1 aliphatic carbocycles. The van der Waals surface area contributed by atoms with Crippen molar-refractivity contribution in [1.82, 2.24) is 9.80 Å². The van der Waals surface area contributed by atoms with E-state index in [0.29, 0.717) is 26.3 Å². The topological polar surface area (TPSA) is 79.0 Å². The molecule has 7 nitrogen and oxygen atoms in total. The molecule has 2 atom stereocenters. The van der Waals surface area contributed by atoms with E-state index in [2.05, 4.69) is 11.4 Å². The fourth-order valence-corrected chi connectivity index (χ4v) is 4.35. The molecule has 0 aromatic heterocycles. The first-order valence-corrected chi connectivity index (χ1v) is 10.0. The Kier molecular flexibility index (Phi) is 5.35. The van der Waals surface area contributed by atoms with Crippen LogP contribution in [-0.2, 0) is 32.0 Å². The highest BCUT2D eigenvalue weighted by Crippen LogP contribution is 2.25. The van der Waals surface area contributed by atoms with Crippen molar-refractivity contribution < 1.29 is 19.1 Å². The molecule has 2 heterocycles. The number of fused-ring (bicyclic) bond motifs is 4. The summed E-state index contributed by atoms with van der Waals surface area (Å²) in [5.74, 6) is -0.518. The van der Waals surface area contributed by atoms with Gasteiger partial charge in [0.2, 0.25) is 17.7 Å². The molecule has 2 fully saturated rings. The Morgan fingerprint density at radius 3 is 2.82 bits per heavy atom. The van der Waals surface area contributed by atoms with Crippen LogP contribution in [0.25, 0.3) is 0 Å². The van der Waals surface area contributed by atoms with Crippen LogP contribution in [0.2, 0.25) is 0 Å². The molecule has 28 heavy (non-hydrogen) atoms. The number of aryl methyl sites for hydroxylation is 2. The SMILES string of the molecule is CN1C(=O)[C@H]2COC[C@@H]1CN(C(=O)CCC(=O)Nc1ccc3c(c1)CCC3)C2. The second-order valence-corrected chi connectivity index (χ2v) is 8.02. The Balaban J connectivity index is 1.31. The number of nitrogens with one attached hydrogen (secondary N) is 1. The van der Waals surface area contributed by atoms with Gasteiger partial charge in [0.25, 0.3) is 0 Å². The van der Waals surface area contributed by atoms with E-state index in [9.17, 15) is 14.4 Å². The van der Waals surface area contributed by atoms with Gasteiger partial charge in [0.05, 0.1) is 25.2 Å². The Morgan fingerprint density at radius 2 is 1.96 bits per heavy atom. The van der Waals surface area contributed by atoms with Gasteiger partial charge in [-0.1, -0.05) is 6.07 Å². The van der Waals surface area contributed by atoms with E-state index in [0.717, 1.165) is 18.5 Å². The summed E-state index contributed by atoms with van der Waals surface area (Å²) < 4.78 is 5.56. The molecule has 1 aromatic rings. The molecule has 150 valence electrons. The molecule has 0 unspecified atom stereocenters. The van der Waals surface area contributed by atoms with Gasteiger partial charge in [-0.3, -0.25) is 14.4 Å². The van der Waals surface area contributed by atoms with E-state index < -0.39 is 0 Å². The lowest BCUT2D eigenvalue weighted by molar-refractivity contribution is -0.135. The molecule has 3 amide bonds. The molecule has 0 spiro atoms. The second-order valence-electron chi connectivity index (χ2n) is 8.02. The van der Waals surface area contributed by atoms with Gasteiger partial charge in [0.15, 0.2) is 0 Å². The minimum Gasteiger partial charge on any atom is -0.378 e. The molecule has 2 bridgehead atoms. The molecular weight excluding hydrogens is 358 g/mol. The zero-order chi connectivity index (χ0) is 19.7. The van der Waals surface area contributed by atoms with E-state index in [-0.39, 0.29) is 42.5 Å². The molecule has 0 radical (unpaired) electrons. The number of rotatable bonds is 4. The van der Waals surface area contributed by atoms with E-state index in [1.807, 2.05) is 12.1 Å². The van der Waals surface area contributed by atoms with Crippen LogP contribution in [0.3, 0.4) is 0 Å². The van der Waals surface area contributed by atoms with Crippen LogP contribution in [0.5, 0.6) is 0 Å². The van der Waals surface area contributed by atoms with Gasteiger partial charge in [-0.2, -0.15) is 0 Å². The predicted octanol–water partition coefficient (Wildman–Crippen LogP) is 1.21.